The van der Waals surface area contributed by atoms with Crippen molar-refractivity contribution < 1.29 is 9.84 Å². The van der Waals surface area contributed by atoms with Gasteiger partial charge in [0, 0.05) is 5.41 Å². The third-order valence-corrected chi connectivity index (χ3v) is 4.48. The van der Waals surface area contributed by atoms with Gasteiger partial charge in [-0.25, -0.2) is 0 Å². The van der Waals surface area contributed by atoms with Gasteiger partial charge >= 0.3 is 0 Å². The van der Waals surface area contributed by atoms with E-state index in [1.54, 1.807) is 0 Å². The van der Waals surface area contributed by atoms with Crippen molar-refractivity contribution in [1.29, 1.82) is 0 Å². The fourth-order valence-electron chi connectivity index (χ4n) is 3.78. The molecule has 1 aliphatic rings. The molecule has 0 spiro atoms. The quantitative estimate of drug-likeness (QED) is 0.814. The average Bonchev–Trinajstić information content (AvgIpc) is 2.87. The van der Waals surface area contributed by atoms with E-state index in [0.717, 1.165) is 30.6 Å². The fraction of sp³-hybridized carbons (Fsp3) is 0.667. The van der Waals surface area contributed by atoms with E-state index in [0.29, 0.717) is 12.5 Å². The predicted octanol–water partition coefficient (Wildman–Crippen LogP) is 4.73. The molecule has 2 rings (SSSR count). The Bertz CT molecular complexity index is 419. The van der Waals surface area contributed by atoms with Crippen LogP contribution < -0.4 is 4.74 Å². The predicted molar refractivity (Wildman–Crippen MR) is 82.9 cm³/mol. The number of aliphatic hydroxyl groups excluding tert-OH is 1. The van der Waals surface area contributed by atoms with Crippen molar-refractivity contribution in [2.45, 2.75) is 59.0 Å². The maximum Gasteiger partial charge on any atom is 0.119 e. The van der Waals surface area contributed by atoms with Crippen LogP contribution in [0.2, 0.25) is 0 Å². The Morgan fingerprint density at radius 3 is 2.55 bits per heavy atom. The van der Waals surface area contributed by atoms with Gasteiger partial charge < -0.3 is 9.84 Å². The topological polar surface area (TPSA) is 29.5 Å². The largest absolute Gasteiger partial charge is 0.494 e. The van der Waals surface area contributed by atoms with Crippen LogP contribution in [0.5, 0.6) is 5.75 Å². The van der Waals surface area contributed by atoms with Gasteiger partial charge in [-0.1, -0.05) is 38.8 Å². The van der Waals surface area contributed by atoms with Crippen molar-refractivity contribution in [3.63, 3.8) is 0 Å². The summed E-state index contributed by atoms with van der Waals surface area (Å²) < 4.78 is 5.56. The van der Waals surface area contributed by atoms with Gasteiger partial charge in [-0.05, 0) is 49.8 Å². The molecule has 0 bridgehead atoms. The van der Waals surface area contributed by atoms with E-state index in [1.807, 2.05) is 31.2 Å². The molecule has 1 aromatic carbocycles. The van der Waals surface area contributed by atoms with Gasteiger partial charge in [-0.3, -0.25) is 0 Å². The molecule has 0 radical (unpaired) electrons. The number of rotatable bonds is 6. The van der Waals surface area contributed by atoms with Gasteiger partial charge in [0.25, 0.3) is 0 Å². The number of hydrogen-bond donors (Lipinski definition) is 1. The number of benzene rings is 1. The van der Waals surface area contributed by atoms with Gasteiger partial charge in [-0.2, -0.15) is 0 Å². The fourth-order valence-corrected chi connectivity index (χ4v) is 3.78. The highest BCUT2D eigenvalue weighted by atomic mass is 16.5. The van der Waals surface area contributed by atoms with E-state index in [9.17, 15) is 5.11 Å². The van der Waals surface area contributed by atoms with E-state index in [1.165, 1.54) is 12.8 Å². The average molecular weight is 276 g/mol. The van der Waals surface area contributed by atoms with Crippen LogP contribution >= 0.6 is 0 Å². The second-order valence-corrected chi connectivity index (χ2v) is 6.58. The van der Waals surface area contributed by atoms with Gasteiger partial charge in [0.05, 0.1) is 12.7 Å². The van der Waals surface area contributed by atoms with Crippen molar-refractivity contribution in [2.24, 2.45) is 11.3 Å². The molecule has 1 unspecified atom stereocenters. The third kappa shape index (κ3) is 3.35. The minimum absolute atomic E-state index is 0.0685. The summed E-state index contributed by atoms with van der Waals surface area (Å²) in [6.45, 7) is 7.16. The monoisotopic (exact) mass is 276 g/mol. The summed E-state index contributed by atoms with van der Waals surface area (Å²) in [5.74, 6) is 1.49. The Morgan fingerprint density at radius 1 is 1.25 bits per heavy atom. The molecule has 1 aromatic rings. The summed E-state index contributed by atoms with van der Waals surface area (Å²) in [4.78, 5) is 0. The Morgan fingerprint density at radius 2 is 1.95 bits per heavy atom. The first-order chi connectivity index (χ1) is 9.57. The normalized spacial score (nSPS) is 19.2. The highest BCUT2D eigenvalue weighted by Crippen LogP contribution is 2.51. The molecule has 1 fully saturated rings. The van der Waals surface area contributed by atoms with Crippen molar-refractivity contribution in [3.05, 3.63) is 29.8 Å². The Balaban J connectivity index is 2.23. The van der Waals surface area contributed by atoms with E-state index in [2.05, 4.69) is 13.8 Å². The van der Waals surface area contributed by atoms with Gasteiger partial charge in [0.2, 0.25) is 0 Å². The molecule has 20 heavy (non-hydrogen) atoms. The van der Waals surface area contributed by atoms with E-state index < -0.39 is 0 Å². The summed E-state index contributed by atoms with van der Waals surface area (Å²) in [6.07, 6.45) is 5.51. The first kappa shape index (κ1) is 15.4. The first-order valence-electron chi connectivity index (χ1n) is 7.98. The van der Waals surface area contributed by atoms with Crippen LogP contribution in [0.25, 0.3) is 0 Å². The Kier molecular flexibility index (Phi) is 5.09. The lowest BCUT2D eigenvalue weighted by Crippen LogP contribution is -2.27. The van der Waals surface area contributed by atoms with Crippen molar-refractivity contribution in [1.82, 2.24) is 0 Å². The van der Waals surface area contributed by atoms with Crippen LogP contribution in [0.1, 0.15) is 64.5 Å². The van der Waals surface area contributed by atoms with Crippen molar-refractivity contribution >= 4 is 0 Å². The molecule has 112 valence electrons. The van der Waals surface area contributed by atoms with E-state index >= 15 is 0 Å². The van der Waals surface area contributed by atoms with Gasteiger partial charge in [-0.15, -0.1) is 0 Å². The second kappa shape index (κ2) is 6.62. The molecule has 0 aliphatic heterocycles. The summed E-state index contributed by atoms with van der Waals surface area (Å²) in [5, 5.41) is 11.0. The second-order valence-electron chi connectivity index (χ2n) is 6.58. The molecule has 1 N–H and O–H groups in total. The molecule has 0 saturated heterocycles. The summed E-state index contributed by atoms with van der Waals surface area (Å²) in [5.41, 5.74) is 1.08. The number of hydrogen-bond acceptors (Lipinski definition) is 2. The lowest BCUT2D eigenvalue weighted by Gasteiger charge is -2.36. The maximum absolute atomic E-state index is 11.0. The van der Waals surface area contributed by atoms with Crippen LogP contribution in [0.4, 0.5) is 0 Å². The molecule has 0 aromatic heterocycles. The first-order valence-corrected chi connectivity index (χ1v) is 7.98. The maximum atomic E-state index is 11.0. The summed E-state index contributed by atoms with van der Waals surface area (Å²) in [6, 6.07) is 7.99. The highest BCUT2D eigenvalue weighted by molar-refractivity contribution is 5.31. The minimum Gasteiger partial charge on any atom is -0.494 e. The number of ether oxygens (including phenoxy) is 1. The summed E-state index contributed by atoms with van der Waals surface area (Å²) in [7, 11) is 0. The molecule has 2 heteroatoms. The Labute approximate surface area is 123 Å². The van der Waals surface area contributed by atoms with Crippen molar-refractivity contribution in [2.75, 3.05) is 6.61 Å². The molecule has 2 nitrogen and oxygen atoms in total. The molecule has 1 atom stereocenters. The zero-order chi connectivity index (χ0) is 14.6. The van der Waals surface area contributed by atoms with Gasteiger partial charge in [0.15, 0.2) is 0 Å². The smallest absolute Gasteiger partial charge is 0.119 e. The third-order valence-electron chi connectivity index (χ3n) is 4.48. The SMILES string of the molecule is CCOc1cccc(C(O)C2(CC(C)C)CCCC2)c1. The lowest BCUT2D eigenvalue weighted by molar-refractivity contribution is 0.0110. The standard InChI is InChI=1S/C18H28O2/c1-4-20-16-9-7-8-15(12-16)17(19)18(13-14(2)3)10-5-6-11-18/h7-9,12,14,17,19H,4-6,10-11,13H2,1-3H3. The highest BCUT2D eigenvalue weighted by Gasteiger charge is 2.41. The van der Waals surface area contributed by atoms with Gasteiger partial charge in [0.1, 0.15) is 5.75 Å². The minimum atomic E-state index is -0.368. The van der Waals surface area contributed by atoms with Crippen LogP contribution in [0.15, 0.2) is 24.3 Å². The van der Waals surface area contributed by atoms with Crippen LogP contribution in [-0.2, 0) is 0 Å². The van der Waals surface area contributed by atoms with E-state index in [4.69, 9.17) is 4.74 Å². The molecular weight excluding hydrogens is 248 g/mol. The van der Waals surface area contributed by atoms with Crippen LogP contribution in [0, 0.1) is 11.3 Å². The summed E-state index contributed by atoms with van der Waals surface area (Å²) >= 11 is 0. The number of aliphatic hydroxyl groups is 1. The molecular formula is C18H28O2. The zero-order valence-electron chi connectivity index (χ0n) is 13.1. The lowest BCUT2D eigenvalue weighted by atomic mass is 9.72. The Hall–Kier alpha value is -1.02. The van der Waals surface area contributed by atoms with E-state index in [-0.39, 0.29) is 11.5 Å². The molecule has 0 amide bonds. The molecule has 1 aliphatic carbocycles. The van der Waals surface area contributed by atoms with Crippen molar-refractivity contribution in [3.8, 4) is 5.75 Å². The van der Waals surface area contributed by atoms with Crippen LogP contribution in [-0.4, -0.2) is 11.7 Å². The molecule has 1 saturated carbocycles. The molecule has 0 heterocycles. The van der Waals surface area contributed by atoms with Crippen LogP contribution in [0.3, 0.4) is 0 Å². The zero-order valence-corrected chi connectivity index (χ0v) is 13.1.